The Kier molecular flexibility index (Phi) is 4.46. The average Bonchev–Trinajstić information content (AvgIpc) is 2.63. The minimum absolute atomic E-state index is 0.176. The molecule has 0 aromatic carbocycles. The second kappa shape index (κ2) is 5.43. The smallest absolute Gasteiger partial charge is 0.338 e. The van der Waals surface area contributed by atoms with Crippen molar-refractivity contribution in [2.24, 2.45) is 0 Å². The van der Waals surface area contributed by atoms with E-state index in [0.29, 0.717) is 6.54 Å². The fourth-order valence-electron chi connectivity index (χ4n) is 1.30. The SMILES string of the molecule is COC(=O)C(C)(O)CNCc1cscc1C. The lowest BCUT2D eigenvalue weighted by atomic mass is 10.1. The Morgan fingerprint density at radius 3 is 2.81 bits per heavy atom. The summed E-state index contributed by atoms with van der Waals surface area (Å²) in [6.07, 6.45) is 0. The summed E-state index contributed by atoms with van der Waals surface area (Å²) in [7, 11) is 1.26. The van der Waals surface area contributed by atoms with Gasteiger partial charge in [0, 0.05) is 13.1 Å². The van der Waals surface area contributed by atoms with Crippen LogP contribution in [0.3, 0.4) is 0 Å². The molecule has 1 heterocycles. The molecule has 1 aromatic heterocycles. The predicted molar refractivity (Wildman–Crippen MR) is 63.4 cm³/mol. The summed E-state index contributed by atoms with van der Waals surface area (Å²) in [6, 6.07) is 0. The molecule has 0 fully saturated rings. The van der Waals surface area contributed by atoms with E-state index in [4.69, 9.17) is 0 Å². The molecular weight excluding hydrogens is 226 g/mol. The molecule has 0 saturated carbocycles. The van der Waals surface area contributed by atoms with Crippen LogP contribution in [0.1, 0.15) is 18.1 Å². The third kappa shape index (κ3) is 3.30. The van der Waals surface area contributed by atoms with Crippen molar-refractivity contribution in [2.75, 3.05) is 13.7 Å². The van der Waals surface area contributed by atoms with E-state index in [9.17, 15) is 9.90 Å². The number of carbonyl (C=O) groups is 1. The van der Waals surface area contributed by atoms with Crippen molar-refractivity contribution in [2.45, 2.75) is 26.0 Å². The number of aliphatic hydroxyl groups is 1. The molecule has 1 atom stereocenters. The summed E-state index contributed by atoms with van der Waals surface area (Å²) in [6.45, 7) is 4.29. The summed E-state index contributed by atoms with van der Waals surface area (Å²) in [5.74, 6) is -0.623. The summed E-state index contributed by atoms with van der Waals surface area (Å²) in [5.41, 5.74) is 0.930. The first-order chi connectivity index (χ1) is 7.47. The maximum absolute atomic E-state index is 11.2. The zero-order valence-electron chi connectivity index (χ0n) is 9.74. The van der Waals surface area contributed by atoms with Gasteiger partial charge in [0.1, 0.15) is 0 Å². The van der Waals surface area contributed by atoms with E-state index >= 15 is 0 Å². The van der Waals surface area contributed by atoms with Gasteiger partial charge < -0.3 is 15.2 Å². The predicted octanol–water partition coefficient (Wildman–Crippen LogP) is 1.07. The maximum atomic E-state index is 11.2. The van der Waals surface area contributed by atoms with Crippen LogP contribution in [0, 0.1) is 6.92 Å². The van der Waals surface area contributed by atoms with Crippen molar-refractivity contribution in [1.29, 1.82) is 0 Å². The van der Waals surface area contributed by atoms with E-state index in [1.807, 2.05) is 6.92 Å². The van der Waals surface area contributed by atoms with Gasteiger partial charge in [-0.3, -0.25) is 0 Å². The third-order valence-corrected chi connectivity index (χ3v) is 3.28. The van der Waals surface area contributed by atoms with E-state index in [-0.39, 0.29) is 6.54 Å². The number of methoxy groups -OCH3 is 1. The molecule has 1 rings (SSSR count). The van der Waals surface area contributed by atoms with Crippen molar-refractivity contribution in [1.82, 2.24) is 5.32 Å². The Balaban J connectivity index is 2.41. The zero-order valence-corrected chi connectivity index (χ0v) is 10.6. The van der Waals surface area contributed by atoms with E-state index < -0.39 is 11.6 Å². The Morgan fingerprint density at radius 2 is 2.31 bits per heavy atom. The molecule has 0 aliphatic rings. The van der Waals surface area contributed by atoms with Gasteiger partial charge in [0.15, 0.2) is 5.60 Å². The average molecular weight is 243 g/mol. The highest BCUT2D eigenvalue weighted by Gasteiger charge is 2.30. The second-order valence-electron chi connectivity index (χ2n) is 3.95. The Labute approximate surface area is 99.2 Å². The molecule has 1 unspecified atom stereocenters. The Hall–Kier alpha value is -0.910. The molecule has 0 bridgehead atoms. The van der Waals surface area contributed by atoms with Crippen LogP contribution in [0.2, 0.25) is 0 Å². The monoisotopic (exact) mass is 243 g/mol. The van der Waals surface area contributed by atoms with Crippen molar-refractivity contribution in [3.05, 3.63) is 21.9 Å². The number of thiophene rings is 1. The lowest BCUT2D eigenvalue weighted by Gasteiger charge is -2.20. The van der Waals surface area contributed by atoms with Gasteiger partial charge in [-0.1, -0.05) is 0 Å². The van der Waals surface area contributed by atoms with Gasteiger partial charge >= 0.3 is 5.97 Å². The zero-order chi connectivity index (χ0) is 12.2. The van der Waals surface area contributed by atoms with Gasteiger partial charge in [0.2, 0.25) is 0 Å². The summed E-state index contributed by atoms with van der Waals surface area (Å²) < 4.78 is 4.50. The van der Waals surface area contributed by atoms with Gasteiger partial charge in [-0.05, 0) is 35.7 Å². The van der Waals surface area contributed by atoms with Gasteiger partial charge in [-0.25, -0.2) is 4.79 Å². The number of hydrogen-bond donors (Lipinski definition) is 2. The number of ether oxygens (including phenoxy) is 1. The normalized spacial score (nSPS) is 14.5. The van der Waals surface area contributed by atoms with Crippen LogP contribution >= 0.6 is 11.3 Å². The first kappa shape index (κ1) is 13.2. The molecule has 0 spiro atoms. The number of hydrogen-bond acceptors (Lipinski definition) is 5. The van der Waals surface area contributed by atoms with Crippen molar-refractivity contribution >= 4 is 17.3 Å². The number of aryl methyl sites for hydroxylation is 1. The van der Waals surface area contributed by atoms with E-state index in [1.165, 1.54) is 25.2 Å². The van der Waals surface area contributed by atoms with E-state index in [2.05, 4.69) is 20.8 Å². The molecule has 0 saturated heterocycles. The first-order valence-electron chi connectivity index (χ1n) is 5.00. The molecule has 1 aromatic rings. The number of esters is 1. The third-order valence-electron chi connectivity index (χ3n) is 2.37. The highest BCUT2D eigenvalue weighted by Crippen LogP contribution is 2.13. The molecule has 0 radical (unpaired) electrons. The van der Waals surface area contributed by atoms with Crippen LogP contribution in [0.15, 0.2) is 10.8 Å². The molecule has 90 valence electrons. The van der Waals surface area contributed by atoms with Crippen molar-refractivity contribution in [3.63, 3.8) is 0 Å². The second-order valence-corrected chi connectivity index (χ2v) is 4.69. The lowest BCUT2D eigenvalue weighted by molar-refractivity contribution is -0.159. The number of nitrogens with one attached hydrogen (secondary N) is 1. The summed E-state index contributed by atoms with van der Waals surface area (Å²) in [5, 5.41) is 16.9. The van der Waals surface area contributed by atoms with Gasteiger partial charge in [-0.2, -0.15) is 11.3 Å². The minimum Gasteiger partial charge on any atom is -0.467 e. The standard InChI is InChI=1S/C11H17NO3S/c1-8-5-16-6-9(8)4-12-7-11(2,14)10(13)15-3/h5-6,12,14H,4,7H2,1-3H3. The molecule has 2 N–H and O–H groups in total. The van der Waals surface area contributed by atoms with Crippen LogP contribution in [0.25, 0.3) is 0 Å². The van der Waals surface area contributed by atoms with Crippen LogP contribution in [0.5, 0.6) is 0 Å². The lowest BCUT2D eigenvalue weighted by Crippen LogP contribution is -2.45. The topological polar surface area (TPSA) is 58.6 Å². The fraction of sp³-hybridized carbons (Fsp3) is 0.545. The number of rotatable bonds is 5. The number of carbonyl (C=O) groups excluding carboxylic acids is 1. The fourth-order valence-corrected chi connectivity index (χ4v) is 2.16. The highest BCUT2D eigenvalue weighted by atomic mass is 32.1. The van der Waals surface area contributed by atoms with E-state index in [0.717, 1.165) is 0 Å². The molecular formula is C11H17NO3S. The van der Waals surface area contributed by atoms with Crippen molar-refractivity contribution in [3.8, 4) is 0 Å². The maximum Gasteiger partial charge on any atom is 0.338 e. The van der Waals surface area contributed by atoms with Crippen LogP contribution in [-0.4, -0.2) is 30.3 Å². The van der Waals surface area contributed by atoms with Gasteiger partial charge in [0.05, 0.1) is 7.11 Å². The molecule has 0 aliphatic carbocycles. The van der Waals surface area contributed by atoms with Gasteiger partial charge in [0.25, 0.3) is 0 Å². The highest BCUT2D eigenvalue weighted by molar-refractivity contribution is 7.08. The quantitative estimate of drug-likeness (QED) is 0.760. The van der Waals surface area contributed by atoms with Crippen LogP contribution in [0.4, 0.5) is 0 Å². The van der Waals surface area contributed by atoms with Crippen LogP contribution in [-0.2, 0) is 16.1 Å². The van der Waals surface area contributed by atoms with Crippen LogP contribution < -0.4 is 5.32 Å². The Morgan fingerprint density at radius 1 is 1.62 bits per heavy atom. The Bertz CT molecular complexity index is 360. The summed E-state index contributed by atoms with van der Waals surface area (Å²) in [4.78, 5) is 11.2. The molecule has 4 nitrogen and oxygen atoms in total. The first-order valence-corrected chi connectivity index (χ1v) is 5.95. The molecule has 0 amide bonds. The largest absolute Gasteiger partial charge is 0.467 e. The van der Waals surface area contributed by atoms with Gasteiger partial charge in [-0.15, -0.1) is 0 Å². The molecule has 0 aliphatic heterocycles. The van der Waals surface area contributed by atoms with Crippen molar-refractivity contribution < 1.29 is 14.6 Å². The minimum atomic E-state index is -1.47. The molecule has 5 heteroatoms. The summed E-state index contributed by atoms with van der Waals surface area (Å²) >= 11 is 1.64. The molecule has 16 heavy (non-hydrogen) atoms. The van der Waals surface area contributed by atoms with E-state index in [1.54, 1.807) is 11.3 Å².